The molecule has 1 heterocycles. The number of rotatable bonds is 3. The first-order valence-electron chi connectivity index (χ1n) is 10.5. The van der Waals surface area contributed by atoms with E-state index >= 15 is 0 Å². The summed E-state index contributed by atoms with van der Waals surface area (Å²) >= 11 is 0. The van der Waals surface area contributed by atoms with Crippen molar-refractivity contribution in [3.05, 3.63) is 89.1 Å². The maximum absolute atomic E-state index is 4.93. The lowest BCUT2D eigenvalue weighted by atomic mass is 9.78. The van der Waals surface area contributed by atoms with Crippen molar-refractivity contribution in [2.45, 2.75) is 59.3 Å². The molecule has 3 rings (SSSR count). The summed E-state index contributed by atoms with van der Waals surface area (Å²) in [5.74, 6) is 1.50. The Labute approximate surface area is 181 Å². The van der Waals surface area contributed by atoms with Crippen LogP contribution in [0.3, 0.4) is 0 Å². The highest BCUT2D eigenvalue weighted by molar-refractivity contribution is 6.10. The van der Waals surface area contributed by atoms with Crippen LogP contribution in [0.2, 0.25) is 0 Å². The second-order valence-electron chi connectivity index (χ2n) is 9.82. The van der Waals surface area contributed by atoms with Crippen LogP contribution in [0.5, 0.6) is 0 Å². The van der Waals surface area contributed by atoms with Gasteiger partial charge in [-0.15, -0.1) is 0 Å². The molecule has 0 amide bonds. The third-order valence-electron chi connectivity index (χ3n) is 5.07. The van der Waals surface area contributed by atoms with E-state index in [0.717, 1.165) is 22.8 Å². The molecule has 0 radical (unpaired) electrons. The van der Waals surface area contributed by atoms with Gasteiger partial charge in [0, 0.05) is 16.9 Å². The lowest BCUT2D eigenvalue weighted by Gasteiger charge is -2.30. The average Bonchev–Trinajstić information content (AvgIpc) is 2.66. The molecule has 1 aromatic heterocycles. The Morgan fingerprint density at radius 3 is 1.83 bits per heavy atom. The Morgan fingerprint density at radius 1 is 0.733 bits per heavy atom. The molecular weight excluding hydrogens is 366 g/mol. The van der Waals surface area contributed by atoms with Crippen molar-refractivity contribution in [3.8, 4) is 0 Å². The van der Waals surface area contributed by atoms with Crippen molar-refractivity contribution < 1.29 is 0 Å². The minimum absolute atomic E-state index is 0.00697. The molecule has 0 saturated heterocycles. The van der Waals surface area contributed by atoms with Gasteiger partial charge < -0.3 is 5.32 Å². The van der Waals surface area contributed by atoms with Crippen LogP contribution in [-0.2, 0) is 10.8 Å². The lowest BCUT2D eigenvalue weighted by Crippen LogP contribution is -2.24. The van der Waals surface area contributed by atoms with Crippen molar-refractivity contribution in [1.82, 2.24) is 4.98 Å². The summed E-state index contributed by atoms with van der Waals surface area (Å²) in [7, 11) is 0. The molecule has 0 aliphatic heterocycles. The maximum Gasteiger partial charge on any atom is 0.154 e. The Kier molecular flexibility index (Phi) is 6.12. The number of aromatic nitrogens is 1. The van der Waals surface area contributed by atoms with Crippen molar-refractivity contribution in [3.63, 3.8) is 0 Å². The van der Waals surface area contributed by atoms with E-state index in [1.807, 2.05) is 43.3 Å². The van der Waals surface area contributed by atoms with E-state index in [-0.39, 0.29) is 10.8 Å². The van der Waals surface area contributed by atoms with Gasteiger partial charge in [-0.25, -0.2) is 9.98 Å². The van der Waals surface area contributed by atoms with E-state index in [1.165, 1.54) is 11.1 Å². The van der Waals surface area contributed by atoms with Crippen LogP contribution in [0.1, 0.15) is 63.9 Å². The molecule has 30 heavy (non-hydrogen) atoms. The Morgan fingerprint density at radius 2 is 1.30 bits per heavy atom. The minimum Gasteiger partial charge on any atom is -0.339 e. The average molecular weight is 400 g/mol. The largest absolute Gasteiger partial charge is 0.339 e. The van der Waals surface area contributed by atoms with Crippen LogP contribution in [0.25, 0.3) is 0 Å². The standard InChI is InChI=1S/C27H33N3/c1-19-13-11-18-23(28-19)29-25(20-14-9-8-10-15-20)30-24-21(26(2,3)4)16-12-17-22(24)27(5,6)7/h8-18H,1-7H3,(H,28,29,30). The van der Waals surface area contributed by atoms with Crippen LogP contribution < -0.4 is 5.32 Å². The number of benzene rings is 2. The zero-order chi connectivity index (χ0) is 21.9. The summed E-state index contributed by atoms with van der Waals surface area (Å²) in [6.45, 7) is 15.5. The molecule has 0 aliphatic carbocycles. The first-order chi connectivity index (χ1) is 14.1. The van der Waals surface area contributed by atoms with E-state index in [2.05, 4.69) is 82.2 Å². The monoisotopic (exact) mass is 399 g/mol. The highest BCUT2D eigenvalue weighted by atomic mass is 15.0. The van der Waals surface area contributed by atoms with Gasteiger partial charge in [0.15, 0.2) is 5.82 Å². The molecule has 0 bridgehead atoms. The molecular formula is C27H33N3. The third-order valence-corrected chi connectivity index (χ3v) is 5.07. The van der Waals surface area contributed by atoms with Crippen LogP contribution in [-0.4, -0.2) is 10.8 Å². The van der Waals surface area contributed by atoms with E-state index in [1.54, 1.807) is 0 Å². The van der Waals surface area contributed by atoms with Crippen LogP contribution in [0.15, 0.2) is 71.7 Å². The van der Waals surface area contributed by atoms with Gasteiger partial charge in [-0.05, 0) is 41.0 Å². The summed E-state index contributed by atoms with van der Waals surface area (Å²) < 4.78 is 0. The van der Waals surface area contributed by atoms with Gasteiger partial charge in [0.2, 0.25) is 0 Å². The van der Waals surface area contributed by atoms with Crippen molar-refractivity contribution in [1.29, 1.82) is 0 Å². The Balaban J connectivity index is 2.21. The quantitative estimate of drug-likeness (QED) is 0.374. The number of aliphatic imine (C=N–C) groups is 1. The smallest absolute Gasteiger partial charge is 0.154 e. The van der Waals surface area contributed by atoms with E-state index in [9.17, 15) is 0 Å². The molecule has 0 spiro atoms. The van der Waals surface area contributed by atoms with Gasteiger partial charge in [-0.2, -0.15) is 0 Å². The molecule has 3 heteroatoms. The molecule has 3 nitrogen and oxygen atoms in total. The SMILES string of the molecule is Cc1cccc(/N=C(\Nc2c(C(C)(C)C)cccc2C(C)(C)C)c2ccccc2)n1. The summed E-state index contributed by atoms with van der Waals surface area (Å²) in [5.41, 5.74) is 5.65. The molecule has 3 aromatic rings. The topological polar surface area (TPSA) is 37.3 Å². The highest BCUT2D eigenvalue weighted by Crippen LogP contribution is 2.38. The number of nitrogens with zero attached hydrogens (tertiary/aromatic N) is 2. The zero-order valence-electron chi connectivity index (χ0n) is 19.2. The Bertz CT molecular complexity index is 1000. The number of nitrogens with one attached hydrogen (secondary N) is 1. The third kappa shape index (κ3) is 5.15. The summed E-state index contributed by atoms with van der Waals surface area (Å²) in [6.07, 6.45) is 0. The fourth-order valence-corrected chi connectivity index (χ4v) is 3.52. The second-order valence-corrected chi connectivity index (χ2v) is 9.82. The number of hydrogen-bond acceptors (Lipinski definition) is 2. The molecule has 1 N–H and O–H groups in total. The van der Waals surface area contributed by atoms with Crippen LogP contribution in [0, 0.1) is 6.92 Å². The minimum atomic E-state index is -0.00697. The molecule has 2 aromatic carbocycles. The van der Waals surface area contributed by atoms with Gasteiger partial charge in [0.25, 0.3) is 0 Å². The van der Waals surface area contributed by atoms with Crippen LogP contribution in [0.4, 0.5) is 11.5 Å². The molecule has 0 aliphatic rings. The van der Waals surface area contributed by atoms with Gasteiger partial charge in [0.1, 0.15) is 5.84 Å². The van der Waals surface area contributed by atoms with Crippen LogP contribution >= 0.6 is 0 Å². The van der Waals surface area contributed by atoms with Crippen molar-refractivity contribution in [2.75, 3.05) is 5.32 Å². The molecule has 0 atom stereocenters. The van der Waals surface area contributed by atoms with E-state index in [0.29, 0.717) is 5.82 Å². The fourth-order valence-electron chi connectivity index (χ4n) is 3.52. The summed E-state index contributed by atoms with van der Waals surface area (Å²) in [6, 6.07) is 22.8. The van der Waals surface area contributed by atoms with Gasteiger partial charge >= 0.3 is 0 Å². The summed E-state index contributed by atoms with van der Waals surface area (Å²) in [5, 5.41) is 3.72. The molecule has 0 fully saturated rings. The summed E-state index contributed by atoms with van der Waals surface area (Å²) in [4.78, 5) is 9.52. The van der Waals surface area contributed by atoms with E-state index in [4.69, 9.17) is 4.99 Å². The fraction of sp³-hybridized carbons (Fsp3) is 0.333. The molecule has 156 valence electrons. The van der Waals surface area contributed by atoms with Crippen molar-refractivity contribution in [2.24, 2.45) is 4.99 Å². The number of para-hydroxylation sites is 1. The zero-order valence-corrected chi connectivity index (χ0v) is 19.2. The predicted octanol–water partition coefficient (Wildman–Crippen LogP) is 7.18. The highest BCUT2D eigenvalue weighted by Gasteiger charge is 2.26. The molecule has 0 unspecified atom stereocenters. The maximum atomic E-state index is 4.93. The number of aryl methyl sites for hydroxylation is 1. The normalized spacial score (nSPS) is 12.7. The first-order valence-corrected chi connectivity index (χ1v) is 10.5. The number of amidine groups is 1. The number of anilines is 1. The number of hydrogen-bond donors (Lipinski definition) is 1. The van der Waals surface area contributed by atoms with Crippen molar-refractivity contribution >= 4 is 17.3 Å². The lowest BCUT2D eigenvalue weighted by molar-refractivity contribution is 0.572. The van der Waals surface area contributed by atoms with E-state index < -0.39 is 0 Å². The second kappa shape index (κ2) is 8.43. The predicted molar refractivity (Wildman–Crippen MR) is 129 cm³/mol. The van der Waals surface area contributed by atoms with Gasteiger partial charge in [-0.3, -0.25) is 0 Å². The van der Waals surface area contributed by atoms with Gasteiger partial charge in [0.05, 0.1) is 0 Å². The Hall–Kier alpha value is -2.94. The first kappa shape index (κ1) is 21.8. The molecule has 0 saturated carbocycles. The number of pyridine rings is 1. The van der Waals surface area contributed by atoms with Gasteiger partial charge in [-0.1, -0.05) is 96.1 Å².